The van der Waals surface area contributed by atoms with Crippen molar-refractivity contribution < 1.29 is 63.4 Å². The summed E-state index contributed by atoms with van der Waals surface area (Å²) in [6, 6.07) is 11.7. The van der Waals surface area contributed by atoms with E-state index in [4.69, 9.17) is 0 Å². The van der Waals surface area contributed by atoms with E-state index in [-0.39, 0.29) is 63.4 Å². The zero-order chi connectivity index (χ0) is 11.8. The maximum Gasteiger partial charge on any atom is 3.00 e. The van der Waals surface area contributed by atoms with Gasteiger partial charge in [0.05, 0.1) is 0 Å². The summed E-state index contributed by atoms with van der Waals surface area (Å²) in [4.78, 5) is 2.12. The summed E-state index contributed by atoms with van der Waals surface area (Å²) in [6.07, 6.45) is 10.0. The molecular formula is C15H19Cl3NZr-2. The third-order valence-corrected chi connectivity index (χ3v) is 2.45. The van der Waals surface area contributed by atoms with Gasteiger partial charge in [0.1, 0.15) is 0 Å². The number of hydrogen-bond acceptors (Lipinski definition) is 1. The molecule has 1 aromatic rings. The molecule has 0 saturated carbocycles. The Morgan fingerprint density at radius 1 is 1.05 bits per heavy atom. The Kier molecular flexibility index (Phi) is 24.7. The fraction of sp³-hybridized carbons (Fsp3) is 0.267. The third kappa shape index (κ3) is 12.1. The van der Waals surface area contributed by atoms with Crippen molar-refractivity contribution in [2.75, 3.05) is 14.1 Å². The Labute approximate surface area is 161 Å². The van der Waals surface area contributed by atoms with Crippen LogP contribution in [0.5, 0.6) is 0 Å². The molecule has 1 nitrogen and oxygen atoms in total. The molecule has 0 amide bonds. The number of rotatable bonds is 2. The summed E-state index contributed by atoms with van der Waals surface area (Å²) in [6.45, 7) is 2.12. The van der Waals surface area contributed by atoms with Gasteiger partial charge in [-0.15, -0.1) is 24.6 Å². The van der Waals surface area contributed by atoms with Crippen LogP contribution in [0, 0.1) is 12.1 Å². The summed E-state index contributed by atoms with van der Waals surface area (Å²) in [5.74, 6) is 0. The van der Waals surface area contributed by atoms with Gasteiger partial charge >= 0.3 is 26.2 Å². The minimum atomic E-state index is 0. The van der Waals surface area contributed by atoms with Gasteiger partial charge in [0.2, 0.25) is 0 Å². The van der Waals surface area contributed by atoms with Crippen LogP contribution in [-0.2, 0) is 26.2 Å². The molecule has 0 saturated heterocycles. The molecule has 1 aliphatic carbocycles. The van der Waals surface area contributed by atoms with E-state index in [1.54, 1.807) is 0 Å². The molecular weight excluding hydrogens is 392 g/mol. The van der Waals surface area contributed by atoms with Crippen LogP contribution in [0.3, 0.4) is 0 Å². The van der Waals surface area contributed by atoms with Gasteiger partial charge in [-0.1, -0.05) is 13.0 Å². The van der Waals surface area contributed by atoms with Gasteiger partial charge in [0.15, 0.2) is 0 Å². The van der Waals surface area contributed by atoms with Crippen LogP contribution < -0.4 is 37.2 Å². The summed E-state index contributed by atoms with van der Waals surface area (Å²) in [5, 5.41) is 0. The molecule has 0 fully saturated rings. The van der Waals surface area contributed by atoms with E-state index in [0.29, 0.717) is 0 Å². The van der Waals surface area contributed by atoms with E-state index in [0.717, 1.165) is 6.42 Å². The SMILES string of the molecule is C[C-](c1ccccc1)N(C)C.[C-]1=CC=CC1.[Cl-].[Cl-].[Cl-].[Zr+3]. The molecule has 111 valence electrons. The summed E-state index contributed by atoms with van der Waals surface area (Å²) < 4.78 is 0. The van der Waals surface area contributed by atoms with Gasteiger partial charge in [0.25, 0.3) is 0 Å². The number of allylic oxidation sites excluding steroid dienone is 4. The molecule has 0 atom stereocenters. The largest absolute Gasteiger partial charge is 3.00 e. The first-order valence-electron chi connectivity index (χ1n) is 5.50. The standard InChI is InChI=1S/C10H14N.C5H5.3ClH.Zr/c1-9(11(2)3)10-7-5-4-6-8-10;1-2-4-5-3-1;;;;/h4-8H,1-3H3;1-3H,4H2;3*1H;/q2*-1;;;;+3/p-3. The number of nitrogens with zero attached hydrogens (tertiary/aromatic N) is 1. The topological polar surface area (TPSA) is 3.24 Å². The van der Waals surface area contributed by atoms with E-state index >= 15 is 0 Å². The second-order valence-corrected chi connectivity index (χ2v) is 3.85. The molecule has 0 spiro atoms. The molecule has 0 N–H and O–H groups in total. The predicted molar refractivity (Wildman–Crippen MR) is 69.7 cm³/mol. The van der Waals surface area contributed by atoms with E-state index in [2.05, 4.69) is 62.3 Å². The van der Waals surface area contributed by atoms with Crippen molar-refractivity contribution in [2.45, 2.75) is 13.3 Å². The smallest absolute Gasteiger partial charge is 1.00 e. The fourth-order valence-electron chi connectivity index (χ4n) is 1.28. The molecule has 0 unspecified atom stereocenters. The summed E-state index contributed by atoms with van der Waals surface area (Å²) in [7, 11) is 4.12. The van der Waals surface area contributed by atoms with E-state index in [9.17, 15) is 0 Å². The van der Waals surface area contributed by atoms with Crippen molar-refractivity contribution >= 4 is 0 Å². The van der Waals surface area contributed by atoms with Gasteiger partial charge in [-0.25, -0.2) is 12.2 Å². The van der Waals surface area contributed by atoms with E-state index < -0.39 is 0 Å². The van der Waals surface area contributed by atoms with Gasteiger partial charge in [-0.3, -0.25) is 6.08 Å². The predicted octanol–water partition coefficient (Wildman–Crippen LogP) is -5.54. The van der Waals surface area contributed by atoms with E-state index in [1.807, 2.05) is 18.2 Å². The van der Waals surface area contributed by atoms with Crippen LogP contribution in [0.25, 0.3) is 0 Å². The second kappa shape index (κ2) is 17.3. The quantitative estimate of drug-likeness (QED) is 0.440. The summed E-state index contributed by atoms with van der Waals surface area (Å²) >= 11 is 0. The number of benzene rings is 1. The average molecular weight is 411 g/mol. The van der Waals surface area contributed by atoms with Gasteiger partial charge in [-0.2, -0.15) is 23.8 Å². The first kappa shape index (κ1) is 28.4. The van der Waals surface area contributed by atoms with Crippen molar-refractivity contribution in [3.8, 4) is 0 Å². The summed E-state index contributed by atoms with van der Waals surface area (Å²) in [5.41, 5.74) is 1.29. The van der Waals surface area contributed by atoms with Crippen LogP contribution in [0.4, 0.5) is 0 Å². The third-order valence-electron chi connectivity index (χ3n) is 2.45. The monoisotopic (exact) mass is 408 g/mol. The minimum absolute atomic E-state index is 0. The van der Waals surface area contributed by atoms with Crippen molar-refractivity contribution in [1.82, 2.24) is 4.90 Å². The molecule has 0 aliphatic heterocycles. The van der Waals surface area contributed by atoms with Gasteiger partial charge < -0.3 is 42.1 Å². The van der Waals surface area contributed by atoms with Crippen molar-refractivity contribution in [2.24, 2.45) is 0 Å². The Bertz CT molecular complexity index is 343. The average Bonchev–Trinajstić information content (AvgIpc) is 2.88. The van der Waals surface area contributed by atoms with Crippen LogP contribution >= 0.6 is 0 Å². The van der Waals surface area contributed by atoms with Crippen molar-refractivity contribution in [1.29, 1.82) is 0 Å². The zero-order valence-electron chi connectivity index (χ0n) is 11.9. The van der Waals surface area contributed by atoms with Crippen LogP contribution in [-0.4, -0.2) is 19.0 Å². The first-order chi connectivity index (χ1) is 7.72. The molecule has 20 heavy (non-hydrogen) atoms. The minimum Gasteiger partial charge on any atom is -1.00 e. The zero-order valence-corrected chi connectivity index (χ0v) is 16.6. The van der Waals surface area contributed by atoms with Crippen LogP contribution in [0.1, 0.15) is 18.9 Å². The molecule has 2 rings (SSSR count). The van der Waals surface area contributed by atoms with E-state index in [1.165, 1.54) is 11.6 Å². The first-order valence-corrected chi connectivity index (χ1v) is 5.50. The number of halogens is 3. The van der Waals surface area contributed by atoms with Crippen LogP contribution in [0.2, 0.25) is 0 Å². The van der Waals surface area contributed by atoms with Crippen molar-refractivity contribution in [3.05, 3.63) is 66.2 Å². The Balaban J connectivity index is -0.000000124. The maximum absolute atomic E-state index is 2.99. The van der Waals surface area contributed by atoms with Crippen LogP contribution in [0.15, 0.2) is 48.6 Å². The Morgan fingerprint density at radius 3 is 1.90 bits per heavy atom. The maximum atomic E-state index is 2.99. The Morgan fingerprint density at radius 2 is 1.60 bits per heavy atom. The molecule has 0 aromatic heterocycles. The van der Waals surface area contributed by atoms with Gasteiger partial charge in [-0.05, 0) is 14.1 Å². The molecule has 1 aliphatic rings. The Hall–Kier alpha value is 0.283. The molecule has 0 bridgehead atoms. The van der Waals surface area contributed by atoms with Crippen molar-refractivity contribution in [3.63, 3.8) is 0 Å². The molecule has 5 heteroatoms. The number of hydrogen-bond donors (Lipinski definition) is 0. The second-order valence-electron chi connectivity index (χ2n) is 3.85. The molecule has 1 aromatic carbocycles. The fourth-order valence-corrected chi connectivity index (χ4v) is 1.28. The molecule has 1 radical (unpaired) electrons. The normalized spacial score (nSPS) is 10.0. The molecule has 0 heterocycles. The van der Waals surface area contributed by atoms with Gasteiger partial charge in [0, 0.05) is 0 Å².